The van der Waals surface area contributed by atoms with E-state index >= 15 is 0 Å². The Hall–Kier alpha value is -2.23. The number of aromatic nitrogens is 2. The second-order valence-electron chi connectivity index (χ2n) is 2.91. The molecule has 4 nitrogen and oxygen atoms in total. The number of hydrogen-bond acceptors (Lipinski definition) is 4. The van der Waals surface area contributed by atoms with Crippen LogP contribution in [0.15, 0.2) is 54.1 Å². The average molecular weight is 199 g/mol. The molecule has 2 aromatic rings. The molecule has 0 saturated carbocycles. The van der Waals surface area contributed by atoms with Gasteiger partial charge in [0.1, 0.15) is 11.4 Å². The van der Waals surface area contributed by atoms with Gasteiger partial charge in [0, 0.05) is 18.0 Å². The first-order valence-electron chi connectivity index (χ1n) is 4.45. The van der Waals surface area contributed by atoms with Crippen LogP contribution in [0.25, 0.3) is 0 Å². The molecule has 1 aromatic carbocycles. The number of benzene rings is 1. The van der Waals surface area contributed by atoms with Gasteiger partial charge in [0.05, 0.1) is 6.20 Å². The van der Waals surface area contributed by atoms with Gasteiger partial charge in [-0.1, -0.05) is 35.5 Å². The molecule has 0 unspecified atom stereocenters. The number of nitrogens with zero attached hydrogens (tertiary/aromatic N) is 3. The first-order valence-corrected chi connectivity index (χ1v) is 4.45. The number of oxime groups is 1. The molecule has 0 radical (unpaired) electrons. The highest BCUT2D eigenvalue weighted by Gasteiger charge is 2.07. The topological polar surface area (TPSA) is 58.4 Å². The summed E-state index contributed by atoms with van der Waals surface area (Å²) in [6.07, 6.45) is 4.69. The number of rotatable bonds is 2. The fourth-order valence-corrected chi connectivity index (χ4v) is 1.27. The van der Waals surface area contributed by atoms with Crippen LogP contribution >= 0.6 is 0 Å². The van der Waals surface area contributed by atoms with Gasteiger partial charge in [0.25, 0.3) is 0 Å². The van der Waals surface area contributed by atoms with Gasteiger partial charge in [-0.05, 0) is 0 Å². The van der Waals surface area contributed by atoms with Crippen LogP contribution in [0.5, 0.6) is 0 Å². The lowest BCUT2D eigenvalue weighted by atomic mass is 10.1. The first-order chi connectivity index (χ1) is 7.42. The third-order valence-electron chi connectivity index (χ3n) is 1.95. The van der Waals surface area contributed by atoms with Crippen molar-refractivity contribution in [1.82, 2.24) is 9.97 Å². The minimum absolute atomic E-state index is 0.420. The standard InChI is InChI=1S/C11H9N3O/c15-14-11(9-4-2-1-3-5-9)10-8-12-6-7-13-10/h1-8,15H/b14-11+. The van der Waals surface area contributed by atoms with Crippen molar-refractivity contribution in [3.8, 4) is 0 Å². The fraction of sp³-hybridized carbons (Fsp3) is 0. The molecule has 4 heteroatoms. The van der Waals surface area contributed by atoms with Gasteiger partial charge in [-0.2, -0.15) is 0 Å². The summed E-state index contributed by atoms with van der Waals surface area (Å²) in [4.78, 5) is 8.00. The van der Waals surface area contributed by atoms with Crippen LogP contribution in [0.4, 0.5) is 0 Å². The van der Waals surface area contributed by atoms with E-state index in [1.807, 2.05) is 30.3 Å². The third-order valence-corrected chi connectivity index (χ3v) is 1.95. The molecule has 0 bridgehead atoms. The summed E-state index contributed by atoms with van der Waals surface area (Å²) < 4.78 is 0. The highest BCUT2D eigenvalue weighted by molar-refractivity contribution is 6.11. The zero-order chi connectivity index (χ0) is 10.5. The lowest BCUT2D eigenvalue weighted by molar-refractivity contribution is 0.319. The van der Waals surface area contributed by atoms with Gasteiger partial charge in [-0.25, -0.2) is 0 Å². The lowest BCUT2D eigenvalue weighted by Gasteiger charge is -2.02. The van der Waals surface area contributed by atoms with Crippen LogP contribution in [0.3, 0.4) is 0 Å². The van der Waals surface area contributed by atoms with E-state index in [0.29, 0.717) is 11.4 Å². The monoisotopic (exact) mass is 199 g/mol. The van der Waals surface area contributed by atoms with E-state index in [-0.39, 0.29) is 0 Å². The molecule has 0 aliphatic rings. The van der Waals surface area contributed by atoms with Crippen molar-refractivity contribution in [1.29, 1.82) is 0 Å². The summed E-state index contributed by atoms with van der Waals surface area (Å²) in [6.45, 7) is 0. The summed E-state index contributed by atoms with van der Waals surface area (Å²) in [5.41, 5.74) is 1.77. The normalized spacial score (nSPS) is 11.3. The molecule has 0 spiro atoms. The maximum Gasteiger partial charge on any atom is 0.137 e. The molecule has 0 saturated heterocycles. The minimum Gasteiger partial charge on any atom is -0.410 e. The van der Waals surface area contributed by atoms with Gasteiger partial charge < -0.3 is 5.21 Å². The summed E-state index contributed by atoms with van der Waals surface area (Å²) >= 11 is 0. The maximum absolute atomic E-state index is 8.95. The molecule has 0 fully saturated rings. The molecule has 74 valence electrons. The van der Waals surface area contributed by atoms with E-state index in [9.17, 15) is 0 Å². The fourth-order valence-electron chi connectivity index (χ4n) is 1.27. The molecule has 0 aliphatic heterocycles. The van der Waals surface area contributed by atoms with Crippen molar-refractivity contribution in [2.75, 3.05) is 0 Å². The molecular formula is C11H9N3O. The van der Waals surface area contributed by atoms with Gasteiger partial charge >= 0.3 is 0 Å². The van der Waals surface area contributed by atoms with Crippen molar-refractivity contribution < 1.29 is 5.21 Å². The Morgan fingerprint density at radius 1 is 1.13 bits per heavy atom. The molecule has 0 amide bonds. The van der Waals surface area contributed by atoms with Crippen molar-refractivity contribution in [3.63, 3.8) is 0 Å². The van der Waals surface area contributed by atoms with E-state index in [2.05, 4.69) is 15.1 Å². The molecule has 1 N–H and O–H groups in total. The van der Waals surface area contributed by atoms with Gasteiger partial charge in [-0.3, -0.25) is 9.97 Å². The van der Waals surface area contributed by atoms with Gasteiger partial charge in [0.15, 0.2) is 0 Å². The predicted molar refractivity (Wildman–Crippen MR) is 55.9 cm³/mol. The van der Waals surface area contributed by atoms with Crippen LogP contribution in [-0.2, 0) is 0 Å². The highest BCUT2D eigenvalue weighted by Crippen LogP contribution is 2.06. The van der Waals surface area contributed by atoms with Crippen molar-refractivity contribution in [2.45, 2.75) is 0 Å². The average Bonchev–Trinajstić information content (AvgIpc) is 2.33. The van der Waals surface area contributed by atoms with Crippen molar-refractivity contribution in [3.05, 3.63) is 60.2 Å². The summed E-state index contributed by atoms with van der Waals surface area (Å²) in [5.74, 6) is 0. The zero-order valence-corrected chi connectivity index (χ0v) is 7.91. The molecule has 1 heterocycles. The Bertz CT molecular complexity index is 412. The molecule has 1 aromatic heterocycles. The summed E-state index contributed by atoms with van der Waals surface area (Å²) in [7, 11) is 0. The summed E-state index contributed by atoms with van der Waals surface area (Å²) in [6, 6.07) is 9.34. The quantitative estimate of drug-likeness (QED) is 0.455. The van der Waals surface area contributed by atoms with Crippen LogP contribution in [0.1, 0.15) is 11.3 Å². The van der Waals surface area contributed by atoms with E-state index in [4.69, 9.17) is 5.21 Å². The second-order valence-corrected chi connectivity index (χ2v) is 2.91. The van der Waals surface area contributed by atoms with Crippen LogP contribution in [0, 0.1) is 0 Å². The van der Waals surface area contributed by atoms with Crippen molar-refractivity contribution >= 4 is 5.71 Å². The highest BCUT2D eigenvalue weighted by atomic mass is 16.4. The van der Waals surface area contributed by atoms with Crippen LogP contribution < -0.4 is 0 Å². The Morgan fingerprint density at radius 2 is 1.93 bits per heavy atom. The van der Waals surface area contributed by atoms with Crippen LogP contribution in [-0.4, -0.2) is 20.9 Å². The SMILES string of the molecule is O/N=C(\c1ccccc1)c1cnccn1. The molecule has 15 heavy (non-hydrogen) atoms. The molecular weight excluding hydrogens is 190 g/mol. The van der Waals surface area contributed by atoms with Crippen LogP contribution in [0.2, 0.25) is 0 Å². The van der Waals surface area contributed by atoms with Gasteiger partial charge in [0.2, 0.25) is 0 Å². The summed E-state index contributed by atoms with van der Waals surface area (Å²) in [5, 5.41) is 12.2. The largest absolute Gasteiger partial charge is 0.410 e. The Labute approximate surface area is 86.9 Å². The van der Waals surface area contributed by atoms with E-state index in [0.717, 1.165) is 5.56 Å². The minimum atomic E-state index is 0.420. The molecule has 0 aliphatic carbocycles. The first kappa shape index (κ1) is 9.33. The number of hydrogen-bond donors (Lipinski definition) is 1. The predicted octanol–water partition coefficient (Wildman–Crippen LogP) is 1.70. The van der Waals surface area contributed by atoms with E-state index < -0.39 is 0 Å². The molecule has 2 rings (SSSR count). The van der Waals surface area contributed by atoms with Crippen molar-refractivity contribution in [2.24, 2.45) is 5.16 Å². The third kappa shape index (κ3) is 1.99. The second kappa shape index (κ2) is 4.32. The molecule has 0 atom stereocenters. The zero-order valence-electron chi connectivity index (χ0n) is 7.91. The Balaban J connectivity index is 2.44. The smallest absolute Gasteiger partial charge is 0.137 e. The van der Waals surface area contributed by atoms with E-state index in [1.165, 1.54) is 0 Å². The Morgan fingerprint density at radius 3 is 2.53 bits per heavy atom. The van der Waals surface area contributed by atoms with E-state index in [1.54, 1.807) is 18.6 Å². The van der Waals surface area contributed by atoms with Gasteiger partial charge in [-0.15, -0.1) is 0 Å². The lowest BCUT2D eigenvalue weighted by Crippen LogP contribution is -2.05. The maximum atomic E-state index is 8.95. The Kier molecular flexibility index (Phi) is 2.69.